The maximum absolute atomic E-state index is 13.6. The fraction of sp³-hybridized carbons (Fsp3) is 0.355. The number of rotatable bonds is 5. The van der Waals surface area contributed by atoms with Gasteiger partial charge in [0, 0.05) is 48.6 Å². The maximum atomic E-state index is 13.6. The number of nitrogens with zero attached hydrogens (tertiary/aromatic N) is 4. The molecule has 0 aliphatic carbocycles. The number of hydrogen-bond acceptors (Lipinski definition) is 4. The highest BCUT2D eigenvalue weighted by atomic mass is 35.5. The Kier molecular flexibility index (Phi) is 8.42. The molecule has 0 aromatic heterocycles. The van der Waals surface area contributed by atoms with Crippen molar-refractivity contribution in [1.29, 1.82) is 0 Å². The smallest absolute Gasteiger partial charge is 0.321 e. The summed E-state index contributed by atoms with van der Waals surface area (Å²) in [4.78, 5) is 35.2. The molecular formula is C31H35ClN4O2. The molecule has 1 unspecified atom stereocenters. The van der Waals surface area contributed by atoms with E-state index < -0.39 is 11.8 Å². The van der Waals surface area contributed by atoms with Crippen molar-refractivity contribution in [2.75, 3.05) is 51.2 Å². The van der Waals surface area contributed by atoms with Crippen molar-refractivity contribution in [1.82, 2.24) is 14.7 Å². The van der Waals surface area contributed by atoms with Crippen LogP contribution in [-0.2, 0) is 9.59 Å². The van der Waals surface area contributed by atoms with E-state index in [0.717, 1.165) is 44.0 Å². The zero-order chi connectivity index (χ0) is 26.5. The molecule has 198 valence electrons. The Labute approximate surface area is 230 Å². The minimum absolute atomic E-state index is 0.277. The van der Waals surface area contributed by atoms with Gasteiger partial charge in [0.05, 0.1) is 0 Å². The first-order valence-corrected chi connectivity index (χ1v) is 13.8. The van der Waals surface area contributed by atoms with Crippen LogP contribution >= 0.6 is 11.6 Å². The molecule has 0 bridgehead atoms. The summed E-state index contributed by atoms with van der Waals surface area (Å²) in [5.41, 5.74) is 2.64. The molecule has 1 atom stereocenters. The number of para-hydroxylation sites is 2. The van der Waals surface area contributed by atoms with Gasteiger partial charge in [-0.2, -0.15) is 0 Å². The molecule has 2 aliphatic rings. The summed E-state index contributed by atoms with van der Waals surface area (Å²) in [5, 5.41) is 0.742. The number of carbonyl (C=O) groups excluding carboxylic acids is 2. The van der Waals surface area contributed by atoms with Gasteiger partial charge >= 0.3 is 11.8 Å². The van der Waals surface area contributed by atoms with Crippen molar-refractivity contribution in [3.05, 3.63) is 95.5 Å². The number of piperidine rings is 1. The summed E-state index contributed by atoms with van der Waals surface area (Å²) in [5.74, 6) is -0.442. The molecule has 2 fully saturated rings. The van der Waals surface area contributed by atoms with Gasteiger partial charge in [-0.1, -0.05) is 60.1 Å². The monoisotopic (exact) mass is 530 g/mol. The molecule has 2 amide bonds. The summed E-state index contributed by atoms with van der Waals surface area (Å²) in [6, 6.07) is 27.2. The molecule has 2 heterocycles. The highest BCUT2D eigenvalue weighted by Crippen LogP contribution is 2.36. The van der Waals surface area contributed by atoms with Crippen LogP contribution in [0.4, 0.5) is 11.4 Å². The minimum Gasteiger partial charge on any atom is -0.332 e. The Balaban J connectivity index is 1.31. The first-order chi connectivity index (χ1) is 18.5. The number of hydrogen-bond donors (Lipinski definition) is 0. The largest absolute Gasteiger partial charge is 0.332 e. The lowest BCUT2D eigenvalue weighted by atomic mass is 9.84. The van der Waals surface area contributed by atoms with Crippen molar-refractivity contribution in [2.45, 2.75) is 18.9 Å². The van der Waals surface area contributed by atoms with Crippen LogP contribution in [0.5, 0.6) is 0 Å². The Bertz CT molecular complexity index is 1170. The fourth-order valence-corrected chi connectivity index (χ4v) is 5.88. The van der Waals surface area contributed by atoms with Gasteiger partial charge < -0.3 is 9.80 Å². The minimum atomic E-state index is -0.527. The van der Waals surface area contributed by atoms with E-state index in [-0.39, 0.29) is 6.04 Å². The van der Waals surface area contributed by atoms with Crippen LogP contribution in [0.1, 0.15) is 24.4 Å². The van der Waals surface area contributed by atoms with Crippen molar-refractivity contribution < 1.29 is 9.59 Å². The maximum Gasteiger partial charge on any atom is 0.321 e. The molecule has 7 heteroatoms. The van der Waals surface area contributed by atoms with E-state index in [4.69, 9.17) is 11.6 Å². The molecular weight excluding hydrogens is 496 g/mol. The molecule has 2 saturated heterocycles. The quantitative estimate of drug-likeness (QED) is 0.424. The van der Waals surface area contributed by atoms with Crippen LogP contribution in [0.2, 0.25) is 5.02 Å². The Hall–Kier alpha value is -3.19. The number of anilines is 2. The van der Waals surface area contributed by atoms with Crippen molar-refractivity contribution >= 4 is 34.8 Å². The van der Waals surface area contributed by atoms with Crippen molar-refractivity contribution in [3.8, 4) is 0 Å². The van der Waals surface area contributed by atoms with Crippen LogP contribution in [0, 0.1) is 5.92 Å². The zero-order valence-electron chi connectivity index (χ0n) is 21.9. The van der Waals surface area contributed by atoms with Gasteiger partial charge in [0.2, 0.25) is 0 Å². The van der Waals surface area contributed by atoms with Gasteiger partial charge in [-0.15, -0.1) is 0 Å². The SMILES string of the molecule is CN1CCC(C(c2ccc(Cl)cc2)N2CCN(C(=O)C(=O)N(c3ccccc3)c3ccccc3)CC2)CC1. The first kappa shape index (κ1) is 26.4. The zero-order valence-corrected chi connectivity index (χ0v) is 22.6. The molecule has 3 aromatic carbocycles. The molecule has 5 rings (SSSR count). The molecule has 0 N–H and O–H groups in total. The van der Waals surface area contributed by atoms with Crippen molar-refractivity contribution in [3.63, 3.8) is 0 Å². The van der Waals surface area contributed by atoms with Gasteiger partial charge in [0.15, 0.2) is 0 Å². The standard InChI is InChI=1S/C31H35ClN4O2/c1-33-18-16-25(17-19-33)29(24-12-14-26(32)15-13-24)34-20-22-35(23-21-34)30(37)31(38)36(27-8-4-2-5-9-27)28-10-6-3-7-11-28/h2-15,25,29H,16-23H2,1H3. The average Bonchev–Trinajstić information content (AvgIpc) is 2.96. The normalized spacial score (nSPS) is 18.2. The molecule has 0 spiro atoms. The predicted octanol–water partition coefficient (Wildman–Crippen LogP) is 5.23. The second-order valence-electron chi connectivity index (χ2n) is 10.3. The van der Waals surface area contributed by atoms with Crippen LogP contribution in [0.3, 0.4) is 0 Å². The van der Waals surface area contributed by atoms with Gasteiger partial charge in [0.1, 0.15) is 0 Å². The van der Waals surface area contributed by atoms with Gasteiger partial charge in [-0.3, -0.25) is 19.4 Å². The predicted molar refractivity (Wildman–Crippen MR) is 153 cm³/mol. The van der Waals surface area contributed by atoms with E-state index in [0.29, 0.717) is 30.4 Å². The Morgan fingerprint density at radius 1 is 0.763 bits per heavy atom. The Morgan fingerprint density at radius 2 is 1.29 bits per heavy atom. The summed E-state index contributed by atoms with van der Waals surface area (Å²) in [6.45, 7) is 4.70. The summed E-state index contributed by atoms with van der Waals surface area (Å²) >= 11 is 6.20. The number of carbonyl (C=O) groups is 2. The number of halogens is 1. The van der Waals surface area contributed by atoms with Crippen LogP contribution < -0.4 is 4.90 Å². The second-order valence-corrected chi connectivity index (χ2v) is 10.7. The van der Waals surface area contributed by atoms with E-state index in [1.165, 1.54) is 10.5 Å². The van der Waals surface area contributed by atoms with E-state index in [1.807, 2.05) is 72.8 Å². The molecule has 38 heavy (non-hydrogen) atoms. The molecule has 0 radical (unpaired) electrons. The molecule has 6 nitrogen and oxygen atoms in total. The van der Waals surface area contributed by atoms with Crippen molar-refractivity contribution in [2.24, 2.45) is 5.92 Å². The van der Waals surface area contributed by atoms with E-state index in [9.17, 15) is 9.59 Å². The van der Waals surface area contributed by atoms with E-state index in [2.05, 4.69) is 29.0 Å². The third-order valence-electron chi connectivity index (χ3n) is 7.83. The topological polar surface area (TPSA) is 47.1 Å². The first-order valence-electron chi connectivity index (χ1n) is 13.4. The van der Waals surface area contributed by atoms with Gasteiger partial charge in [0.25, 0.3) is 0 Å². The van der Waals surface area contributed by atoms with Crippen LogP contribution in [0.25, 0.3) is 0 Å². The number of amides is 2. The summed E-state index contributed by atoms with van der Waals surface area (Å²) < 4.78 is 0. The highest BCUT2D eigenvalue weighted by molar-refractivity contribution is 6.42. The van der Waals surface area contributed by atoms with Crippen LogP contribution in [-0.4, -0.2) is 72.8 Å². The molecule has 0 saturated carbocycles. The number of likely N-dealkylation sites (tertiary alicyclic amines) is 1. The van der Waals surface area contributed by atoms with E-state index >= 15 is 0 Å². The van der Waals surface area contributed by atoms with Gasteiger partial charge in [-0.05, 0) is 80.9 Å². The van der Waals surface area contributed by atoms with E-state index in [1.54, 1.807) is 4.90 Å². The highest BCUT2D eigenvalue weighted by Gasteiger charge is 2.36. The second kappa shape index (κ2) is 12.1. The lowest BCUT2D eigenvalue weighted by Crippen LogP contribution is -2.54. The Morgan fingerprint density at radius 3 is 1.82 bits per heavy atom. The molecule has 2 aliphatic heterocycles. The number of piperazine rings is 1. The molecule has 3 aromatic rings. The third kappa shape index (κ3) is 5.93. The lowest BCUT2D eigenvalue weighted by molar-refractivity contribution is -0.145. The van der Waals surface area contributed by atoms with Gasteiger partial charge in [-0.25, -0.2) is 0 Å². The summed E-state index contributed by atoms with van der Waals surface area (Å²) in [7, 11) is 2.18. The average molecular weight is 531 g/mol. The van der Waals surface area contributed by atoms with Crippen LogP contribution in [0.15, 0.2) is 84.9 Å². The fourth-order valence-electron chi connectivity index (χ4n) is 5.76. The lowest BCUT2D eigenvalue weighted by Gasteiger charge is -2.44. The number of benzene rings is 3. The summed E-state index contributed by atoms with van der Waals surface area (Å²) in [6.07, 6.45) is 2.29. The third-order valence-corrected chi connectivity index (χ3v) is 8.08.